The van der Waals surface area contributed by atoms with Crippen molar-refractivity contribution >= 4 is 17.3 Å². The number of rotatable bonds is 2. The number of amides is 1. The lowest BCUT2D eigenvalue weighted by atomic mass is 10.0. The van der Waals surface area contributed by atoms with Gasteiger partial charge in [0.2, 0.25) is 5.91 Å². The number of nitrogens with zero attached hydrogens (tertiary/aromatic N) is 1. The summed E-state index contributed by atoms with van der Waals surface area (Å²) in [6, 6.07) is 12.6. The first kappa shape index (κ1) is 13.0. The summed E-state index contributed by atoms with van der Waals surface area (Å²) in [4.78, 5) is 11.3. The molecule has 0 radical (unpaired) electrons. The second kappa shape index (κ2) is 5.17. The number of fused-ring (bicyclic) bond motifs is 1. The molecule has 0 spiro atoms. The molecule has 0 saturated heterocycles. The maximum absolute atomic E-state index is 11.3. The number of aryl methyl sites for hydroxylation is 1. The minimum absolute atomic E-state index is 0.0298. The third-order valence-corrected chi connectivity index (χ3v) is 3.39. The quantitative estimate of drug-likeness (QED) is 0.827. The lowest BCUT2D eigenvalue weighted by Gasteiger charge is -2.18. The molecule has 0 bridgehead atoms. The van der Waals surface area contributed by atoms with E-state index in [1.165, 1.54) is 0 Å². The average Bonchev–Trinajstić information content (AvgIpc) is 2.49. The molecule has 1 heterocycles. The Kier molecular flexibility index (Phi) is 3.20. The van der Waals surface area contributed by atoms with Crippen LogP contribution in [-0.4, -0.2) is 5.91 Å². The Labute approximate surface area is 121 Å². The molecular weight excluding hydrogens is 266 g/mol. The Balaban J connectivity index is 1.90. The van der Waals surface area contributed by atoms with Gasteiger partial charge >= 0.3 is 0 Å². The number of benzene rings is 2. The van der Waals surface area contributed by atoms with Crippen LogP contribution in [0.1, 0.15) is 17.5 Å². The Bertz CT molecular complexity index is 763. The minimum atomic E-state index is 0.0298. The molecule has 2 aromatic rings. The molecule has 5 nitrogen and oxygen atoms in total. The van der Waals surface area contributed by atoms with Gasteiger partial charge in [-0.15, -0.1) is 0 Å². The van der Waals surface area contributed by atoms with E-state index in [1.807, 2.05) is 18.2 Å². The van der Waals surface area contributed by atoms with Crippen molar-refractivity contribution in [3.63, 3.8) is 0 Å². The van der Waals surface area contributed by atoms with E-state index >= 15 is 0 Å². The van der Waals surface area contributed by atoms with Crippen molar-refractivity contribution in [1.29, 1.82) is 5.26 Å². The number of nitrogens with one attached hydrogen (secondary N) is 1. The van der Waals surface area contributed by atoms with Crippen LogP contribution < -0.4 is 15.8 Å². The summed E-state index contributed by atoms with van der Waals surface area (Å²) >= 11 is 0. The van der Waals surface area contributed by atoms with E-state index in [0.717, 1.165) is 11.3 Å². The van der Waals surface area contributed by atoms with Crippen LogP contribution in [0.3, 0.4) is 0 Å². The molecule has 0 unspecified atom stereocenters. The molecule has 0 aliphatic carbocycles. The van der Waals surface area contributed by atoms with Crippen LogP contribution >= 0.6 is 0 Å². The Morgan fingerprint density at radius 2 is 2.10 bits per heavy atom. The normalized spacial score (nSPS) is 13.0. The van der Waals surface area contributed by atoms with Gasteiger partial charge in [0.1, 0.15) is 11.8 Å². The van der Waals surface area contributed by atoms with Crippen LogP contribution in [0, 0.1) is 11.3 Å². The van der Waals surface area contributed by atoms with Gasteiger partial charge in [-0.3, -0.25) is 4.79 Å². The van der Waals surface area contributed by atoms with Crippen LogP contribution in [0.2, 0.25) is 0 Å². The Morgan fingerprint density at radius 3 is 2.90 bits per heavy atom. The minimum Gasteiger partial charge on any atom is -0.455 e. The van der Waals surface area contributed by atoms with Crippen molar-refractivity contribution in [2.45, 2.75) is 12.8 Å². The first-order valence-electron chi connectivity index (χ1n) is 6.56. The van der Waals surface area contributed by atoms with Crippen molar-refractivity contribution in [3.8, 4) is 17.6 Å². The van der Waals surface area contributed by atoms with E-state index in [0.29, 0.717) is 35.6 Å². The molecule has 104 valence electrons. The number of carbonyl (C=O) groups is 1. The summed E-state index contributed by atoms with van der Waals surface area (Å²) in [5.74, 6) is 1.11. The molecule has 1 aliphatic rings. The standard InChI is InChI=1S/C16H13N3O2/c17-9-11-2-1-3-14(16(11)18)21-12-5-6-13-10(8-12)4-7-15(20)19-13/h1-3,5-6,8H,4,7,18H2,(H,19,20). The zero-order valence-electron chi connectivity index (χ0n) is 11.2. The number of para-hydroxylation sites is 1. The molecule has 3 rings (SSSR count). The molecule has 0 aromatic heterocycles. The third kappa shape index (κ3) is 2.51. The highest BCUT2D eigenvalue weighted by atomic mass is 16.5. The zero-order valence-corrected chi connectivity index (χ0v) is 11.2. The number of hydrogen-bond donors (Lipinski definition) is 2. The third-order valence-electron chi connectivity index (χ3n) is 3.39. The van der Waals surface area contributed by atoms with E-state index in [1.54, 1.807) is 24.3 Å². The largest absolute Gasteiger partial charge is 0.455 e. The highest BCUT2D eigenvalue weighted by molar-refractivity contribution is 5.94. The van der Waals surface area contributed by atoms with Gasteiger partial charge in [0.25, 0.3) is 0 Å². The summed E-state index contributed by atoms with van der Waals surface area (Å²) in [7, 11) is 0. The molecule has 5 heteroatoms. The SMILES string of the molecule is N#Cc1cccc(Oc2ccc3c(c2)CCC(=O)N3)c1N. The fourth-order valence-electron chi connectivity index (χ4n) is 2.28. The number of nitriles is 1. The van der Waals surface area contributed by atoms with Crippen molar-refractivity contribution in [2.75, 3.05) is 11.1 Å². The maximum Gasteiger partial charge on any atom is 0.224 e. The molecule has 21 heavy (non-hydrogen) atoms. The first-order valence-corrected chi connectivity index (χ1v) is 6.56. The molecule has 1 amide bonds. The smallest absolute Gasteiger partial charge is 0.224 e. The summed E-state index contributed by atoms with van der Waals surface area (Å²) in [5, 5.41) is 11.8. The lowest BCUT2D eigenvalue weighted by molar-refractivity contribution is -0.116. The molecule has 0 fully saturated rings. The summed E-state index contributed by atoms with van der Waals surface area (Å²) in [6.07, 6.45) is 1.16. The number of anilines is 2. The number of carbonyl (C=O) groups excluding carboxylic acids is 1. The summed E-state index contributed by atoms with van der Waals surface area (Å²) in [5.41, 5.74) is 8.45. The second-order valence-corrected chi connectivity index (χ2v) is 4.80. The molecule has 3 N–H and O–H groups in total. The Morgan fingerprint density at radius 1 is 1.24 bits per heavy atom. The summed E-state index contributed by atoms with van der Waals surface area (Å²) < 4.78 is 5.76. The van der Waals surface area contributed by atoms with Gasteiger partial charge < -0.3 is 15.8 Å². The molecule has 0 saturated carbocycles. The van der Waals surface area contributed by atoms with Crippen LogP contribution in [0.25, 0.3) is 0 Å². The van der Waals surface area contributed by atoms with Crippen molar-refractivity contribution in [2.24, 2.45) is 0 Å². The van der Waals surface area contributed by atoms with E-state index in [-0.39, 0.29) is 5.91 Å². The van der Waals surface area contributed by atoms with Crippen molar-refractivity contribution in [1.82, 2.24) is 0 Å². The van der Waals surface area contributed by atoms with Crippen LogP contribution in [0.15, 0.2) is 36.4 Å². The van der Waals surface area contributed by atoms with E-state index < -0.39 is 0 Å². The lowest BCUT2D eigenvalue weighted by Crippen LogP contribution is -2.18. The fourth-order valence-corrected chi connectivity index (χ4v) is 2.28. The second-order valence-electron chi connectivity index (χ2n) is 4.80. The molecule has 0 atom stereocenters. The van der Waals surface area contributed by atoms with E-state index in [4.69, 9.17) is 15.7 Å². The van der Waals surface area contributed by atoms with Gasteiger partial charge in [-0.05, 0) is 42.3 Å². The highest BCUT2D eigenvalue weighted by Gasteiger charge is 2.15. The van der Waals surface area contributed by atoms with Gasteiger partial charge in [-0.2, -0.15) is 5.26 Å². The number of hydrogen-bond acceptors (Lipinski definition) is 4. The van der Waals surface area contributed by atoms with Gasteiger partial charge in [-0.25, -0.2) is 0 Å². The van der Waals surface area contributed by atoms with Crippen LogP contribution in [0.4, 0.5) is 11.4 Å². The topological polar surface area (TPSA) is 88.1 Å². The predicted molar refractivity (Wildman–Crippen MR) is 79.0 cm³/mol. The number of nitrogen functional groups attached to an aromatic ring is 1. The predicted octanol–water partition coefficient (Wildman–Crippen LogP) is 2.82. The van der Waals surface area contributed by atoms with Gasteiger partial charge in [-0.1, -0.05) is 6.07 Å². The monoisotopic (exact) mass is 279 g/mol. The average molecular weight is 279 g/mol. The number of ether oxygens (including phenoxy) is 1. The van der Waals surface area contributed by atoms with Crippen molar-refractivity contribution in [3.05, 3.63) is 47.5 Å². The molecule has 2 aromatic carbocycles. The zero-order chi connectivity index (χ0) is 14.8. The van der Waals surface area contributed by atoms with E-state index in [9.17, 15) is 4.79 Å². The van der Waals surface area contributed by atoms with Crippen molar-refractivity contribution < 1.29 is 9.53 Å². The fraction of sp³-hybridized carbons (Fsp3) is 0.125. The van der Waals surface area contributed by atoms with Gasteiger partial charge in [0, 0.05) is 12.1 Å². The Hall–Kier alpha value is -3.00. The van der Waals surface area contributed by atoms with Gasteiger partial charge in [0.05, 0.1) is 11.3 Å². The first-order chi connectivity index (χ1) is 10.2. The van der Waals surface area contributed by atoms with Crippen LogP contribution in [0.5, 0.6) is 11.5 Å². The van der Waals surface area contributed by atoms with Crippen LogP contribution in [-0.2, 0) is 11.2 Å². The maximum atomic E-state index is 11.3. The molecular formula is C16H13N3O2. The molecule has 1 aliphatic heterocycles. The van der Waals surface area contributed by atoms with Gasteiger partial charge in [0.15, 0.2) is 5.75 Å². The highest BCUT2D eigenvalue weighted by Crippen LogP contribution is 2.33. The summed E-state index contributed by atoms with van der Waals surface area (Å²) in [6.45, 7) is 0. The number of nitrogens with two attached hydrogens (primary N) is 1. The van der Waals surface area contributed by atoms with E-state index in [2.05, 4.69) is 5.32 Å².